The highest BCUT2D eigenvalue weighted by atomic mass is 32.1. The summed E-state index contributed by atoms with van der Waals surface area (Å²) in [7, 11) is 0. The number of aryl methyl sites for hydroxylation is 2. The molecule has 0 radical (unpaired) electrons. The average Bonchev–Trinajstić information content (AvgIpc) is 2.22. The molecule has 0 saturated carbocycles. The number of hydrogen-bond donors (Lipinski definition) is 1. The third kappa shape index (κ3) is 4.62. The molecule has 0 aliphatic carbocycles. The van der Waals surface area contributed by atoms with Crippen molar-refractivity contribution < 1.29 is 4.74 Å². The predicted octanol–water partition coefficient (Wildman–Crippen LogP) is 3.14. The van der Waals surface area contributed by atoms with Gasteiger partial charge in [-0.05, 0) is 56.4 Å². The maximum absolute atomic E-state index is 5.64. The average molecular weight is 237 g/mol. The molecule has 1 aromatic carbocycles. The number of unbranched alkanes of at least 4 members (excludes halogenated alkanes) is 1. The Bertz CT molecular complexity index is 363. The summed E-state index contributed by atoms with van der Waals surface area (Å²) in [5.41, 5.74) is 7.97. The van der Waals surface area contributed by atoms with Gasteiger partial charge < -0.3 is 10.5 Å². The van der Waals surface area contributed by atoms with Crippen LogP contribution >= 0.6 is 12.2 Å². The Labute approximate surface area is 103 Å². The molecule has 88 valence electrons. The molecule has 16 heavy (non-hydrogen) atoms. The van der Waals surface area contributed by atoms with Crippen molar-refractivity contribution in [3.8, 4) is 5.75 Å². The maximum Gasteiger partial charge on any atom is 0.119 e. The van der Waals surface area contributed by atoms with E-state index in [-0.39, 0.29) is 0 Å². The van der Waals surface area contributed by atoms with Crippen molar-refractivity contribution in [2.24, 2.45) is 5.73 Å². The van der Waals surface area contributed by atoms with E-state index in [4.69, 9.17) is 22.7 Å². The zero-order valence-corrected chi connectivity index (χ0v) is 10.8. The van der Waals surface area contributed by atoms with E-state index in [1.807, 2.05) is 6.07 Å². The lowest BCUT2D eigenvalue weighted by atomic mass is 10.1. The van der Waals surface area contributed by atoms with Gasteiger partial charge >= 0.3 is 0 Å². The fourth-order valence-corrected chi connectivity index (χ4v) is 1.54. The second kappa shape index (κ2) is 6.48. The minimum absolute atomic E-state index is 0.589. The predicted molar refractivity (Wildman–Crippen MR) is 72.0 cm³/mol. The summed E-state index contributed by atoms with van der Waals surface area (Å²) < 4.78 is 5.64. The smallest absolute Gasteiger partial charge is 0.119 e. The Morgan fingerprint density at radius 3 is 2.62 bits per heavy atom. The van der Waals surface area contributed by atoms with Crippen molar-refractivity contribution in [3.05, 3.63) is 29.3 Å². The molecule has 3 heteroatoms. The Kier molecular flexibility index (Phi) is 5.26. The van der Waals surface area contributed by atoms with Crippen LogP contribution in [0.3, 0.4) is 0 Å². The lowest BCUT2D eigenvalue weighted by Crippen LogP contribution is -2.08. The molecule has 0 aliphatic heterocycles. The fraction of sp³-hybridized carbons (Fsp3) is 0.462. The molecule has 0 amide bonds. The van der Waals surface area contributed by atoms with E-state index >= 15 is 0 Å². The van der Waals surface area contributed by atoms with E-state index < -0.39 is 0 Å². The second-order valence-electron chi connectivity index (χ2n) is 4.02. The number of thiocarbonyl (C=S) groups is 1. The van der Waals surface area contributed by atoms with E-state index in [1.165, 1.54) is 11.1 Å². The van der Waals surface area contributed by atoms with Crippen LogP contribution in [-0.2, 0) is 0 Å². The standard InChI is InChI=1S/C13H19NOS/c1-10-6-7-12(9-11(10)2)15-8-4-3-5-13(14)16/h6-7,9H,3-5,8H2,1-2H3,(H2,14,16). The summed E-state index contributed by atoms with van der Waals surface area (Å²) >= 11 is 4.81. The second-order valence-corrected chi connectivity index (χ2v) is 4.54. The Hall–Kier alpha value is -1.09. The van der Waals surface area contributed by atoms with Gasteiger partial charge in [-0.1, -0.05) is 18.3 Å². The van der Waals surface area contributed by atoms with Gasteiger partial charge in [-0.3, -0.25) is 0 Å². The van der Waals surface area contributed by atoms with Crippen LogP contribution in [0.1, 0.15) is 30.4 Å². The van der Waals surface area contributed by atoms with Gasteiger partial charge in [0.05, 0.1) is 11.6 Å². The van der Waals surface area contributed by atoms with Crippen molar-refractivity contribution in [2.75, 3.05) is 6.61 Å². The van der Waals surface area contributed by atoms with Crippen molar-refractivity contribution in [3.63, 3.8) is 0 Å². The molecule has 1 aromatic rings. The zero-order chi connectivity index (χ0) is 12.0. The normalized spacial score (nSPS) is 10.1. The van der Waals surface area contributed by atoms with Gasteiger partial charge in [0, 0.05) is 0 Å². The molecule has 0 spiro atoms. The first-order valence-electron chi connectivity index (χ1n) is 5.58. The highest BCUT2D eigenvalue weighted by Gasteiger charge is 1.97. The van der Waals surface area contributed by atoms with Crippen molar-refractivity contribution in [1.29, 1.82) is 0 Å². The number of hydrogen-bond acceptors (Lipinski definition) is 2. The molecule has 2 N–H and O–H groups in total. The lowest BCUT2D eigenvalue weighted by Gasteiger charge is -2.08. The van der Waals surface area contributed by atoms with Crippen LogP contribution in [0.5, 0.6) is 5.75 Å². The lowest BCUT2D eigenvalue weighted by molar-refractivity contribution is 0.308. The van der Waals surface area contributed by atoms with Gasteiger partial charge in [0.25, 0.3) is 0 Å². The fourth-order valence-electron chi connectivity index (χ4n) is 1.40. The molecule has 0 saturated heterocycles. The van der Waals surface area contributed by atoms with Crippen LogP contribution < -0.4 is 10.5 Å². The van der Waals surface area contributed by atoms with Crippen molar-refractivity contribution >= 4 is 17.2 Å². The topological polar surface area (TPSA) is 35.2 Å². The van der Waals surface area contributed by atoms with E-state index in [1.54, 1.807) is 0 Å². The maximum atomic E-state index is 5.64. The van der Waals surface area contributed by atoms with Gasteiger partial charge in [0.2, 0.25) is 0 Å². The molecule has 0 aliphatic rings. The van der Waals surface area contributed by atoms with Gasteiger partial charge in [-0.25, -0.2) is 0 Å². The van der Waals surface area contributed by atoms with Crippen LogP contribution in [-0.4, -0.2) is 11.6 Å². The SMILES string of the molecule is Cc1ccc(OCCCCC(N)=S)cc1C. The number of benzene rings is 1. The van der Waals surface area contributed by atoms with Crippen LogP contribution in [0.2, 0.25) is 0 Å². The van der Waals surface area contributed by atoms with Gasteiger partial charge in [-0.2, -0.15) is 0 Å². The van der Waals surface area contributed by atoms with Gasteiger partial charge in [-0.15, -0.1) is 0 Å². The van der Waals surface area contributed by atoms with E-state index in [2.05, 4.69) is 26.0 Å². The highest BCUT2D eigenvalue weighted by Crippen LogP contribution is 2.16. The van der Waals surface area contributed by atoms with Gasteiger partial charge in [0.15, 0.2) is 0 Å². The zero-order valence-electron chi connectivity index (χ0n) is 9.95. The third-order valence-electron chi connectivity index (χ3n) is 2.56. The minimum atomic E-state index is 0.589. The van der Waals surface area contributed by atoms with Crippen molar-refractivity contribution in [1.82, 2.24) is 0 Å². The molecule has 0 heterocycles. The summed E-state index contributed by atoms with van der Waals surface area (Å²) in [6.07, 6.45) is 2.80. The Morgan fingerprint density at radius 2 is 2.00 bits per heavy atom. The molecule has 2 nitrogen and oxygen atoms in total. The first kappa shape index (κ1) is 13.0. The minimum Gasteiger partial charge on any atom is -0.494 e. The van der Waals surface area contributed by atoms with Crippen LogP contribution in [0.25, 0.3) is 0 Å². The Balaban J connectivity index is 2.27. The number of rotatable bonds is 6. The molecule has 0 aromatic heterocycles. The van der Waals surface area contributed by atoms with E-state index in [9.17, 15) is 0 Å². The monoisotopic (exact) mass is 237 g/mol. The summed E-state index contributed by atoms with van der Waals surface area (Å²) in [6.45, 7) is 4.92. The van der Waals surface area contributed by atoms with Crippen LogP contribution in [0.15, 0.2) is 18.2 Å². The molecule has 0 bridgehead atoms. The summed E-state index contributed by atoms with van der Waals surface area (Å²) in [5, 5.41) is 0. The molecule has 0 atom stereocenters. The first-order chi connectivity index (χ1) is 7.59. The molecule has 0 unspecified atom stereocenters. The highest BCUT2D eigenvalue weighted by molar-refractivity contribution is 7.80. The van der Waals surface area contributed by atoms with Crippen LogP contribution in [0.4, 0.5) is 0 Å². The van der Waals surface area contributed by atoms with Crippen molar-refractivity contribution in [2.45, 2.75) is 33.1 Å². The summed E-state index contributed by atoms with van der Waals surface area (Å²) in [5.74, 6) is 0.943. The number of ether oxygens (including phenoxy) is 1. The molecule has 1 rings (SSSR count). The summed E-state index contributed by atoms with van der Waals surface area (Å²) in [4.78, 5) is 0.589. The third-order valence-corrected chi connectivity index (χ3v) is 2.77. The summed E-state index contributed by atoms with van der Waals surface area (Å²) in [6, 6.07) is 6.17. The van der Waals surface area contributed by atoms with Crippen LogP contribution in [0, 0.1) is 13.8 Å². The number of nitrogens with two attached hydrogens (primary N) is 1. The van der Waals surface area contributed by atoms with E-state index in [0.29, 0.717) is 4.99 Å². The Morgan fingerprint density at radius 1 is 1.25 bits per heavy atom. The molecular formula is C13H19NOS. The van der Waals surface area contributed by atoms with Gasteiger partial charge in [0.1, 0.15) is 5.75 Å². The largest absolute Gasteiger partial charge is 0.494 e. The molecular weight excluding hydrogens is 218 g/mol. The molecule has 0 fully saturated rings. The first-order valence-corrected chi connectivity index (χ1v) is 5.99. The van der Waals surface area contributed by atoms with E-state index in [0.717, 1.165) is 31.6 Å². The quantitative estimate of drug-likeness (QED) is 0.610.